The molecule has 140 valence electrons. The van der Waals surface area contributed by atoms with E-state index in [1.807, 2.05) is 25.1 Å². The summed E-state index contributed by atoms with van der Waals surface area (Å²) in [7, 11) is 1.60. The molecule has 1 aromatic carbocycles. The van der Waals surface area contributed by atoms with Gasteiger partial charge in [0.2, 0.25) is 11.8 Å². The van der Waals surface area contributed by atoms with Gasteiger partial charge in [0.15, 0.2) is 5.82 Å². The van der Waals surface area contributed by atoms with Crippen LogP contribution in [0.25, 0.3) is 0 Å². The number of β-amino-alcohol motifs (C(OH)–C–C–N with tert-alkyl or cyclic N) is 1. The van der Waals surface area contributed by atoms with Crippen molar-refractivity contribution in [2.24, 2.45) is 0 Å². The van der Waals surface area contributed by atoms with Gasteiger partial charge in [0, 0.05) is 18.7 Å². The molecule has 1 fully saturated rings. The highest BCUT2D eigenvalue weighted by Crippen LogP contribution is 2.27. The summed E-state index contributed by atoms with van der Waals surface area (Å²) >= 11 is 0. The van der Waals surface area contributed by atoms with E-state index in [0.717, 1.165) is 17.5 Å². The van der Waals surface area contributed by atoms with Crippen molar-refractivity contribution >= 4 is 5.91 Å². The molecule has 1 aromatic heterocycles. The molecular formula is C19H25N3O4. The van der Waals surface area contributed by atoms with Crippen molar-refractivity contribution in [3.8, 4) is 5.75 Å². The van der Waals surface area contributed by atoms with Crippen LogP contribution in [-0.2, 0) is 17.6 Å². The van der Waals surface area contributed by atoms with E-state index in [9.17, 15) is 9.90 Å². The summed E-state index contributed by atoms with van der Waals surface area (Å²) in [5.41, 5.74) is 0.901. The number of nitrogens with zero attached hydrogens (tertiary/aromatic N) is 3. The SMILES string of the molecule is COc1ccc(C)cc1CC(=O)N1CCCC(O)(Cc2nc(C)no2)C1. The topological polar surface area (TPSA) is 88.7 Å². The summed E-state index contributed by atoms with van der Waals surface area (Å²) in [5.74, 6) is 1.63. The van der Waals surface area contributed by atoms with Crippen LogP contribution in [0.4, 0.5) is 0 Å². The van der Waals surface area contributed by atoms with Gasteiger partial charge in [-0.15, -0.1) is 0 Å². The summed E-state index contributed by atoms with van der Waals surface area (Å²) in [6.45, 7) is 4.63. The first-order chi connectivity index (χ1) is 12.4. The number of benzene rings is 1. The van der Waals surface area contributed by atoms with E-state index < -0.39 is 5.60 Å². The predicted octanol–water partition coefficient (Wildman–Crippen LogP) is 1.83. The lowest BCUT2D eigenvalue weighted by atomic mass is 9.89. The summed E-state index contributed by atoms with van der Waals surface area (Å²) in [6.07, 6.45) is 1.85. The number of methoxy groups -OCH3 is 1. The minimum Gasteiger partial charge on any atom is -0.496 e. The average molecular weight is 359 g/mol. The lowest BCUT2D eigenvalue weighted by molar-refractivity contribution is -0.137. The molecule has 0 aliphatic carbocycles. The van der Waals surface area contributed by atoms with Gasteiger partial charge < -0.3 is 19.3 Å². The van der Waals surface area contributed by atoms with Crippen LogP contribution in [0.3, 0.4) is 0 Å². The number of aryl methyl sites for hydroxylation is 2. The van der Waals surface area contributed by atoms with Gasteiger partial charge in [0.05, 0.1) is 25.6 Å². The molecule has 1 aliphatic heterocycles. The number of aliphatic hydroxyl groups is 1. The standard InChI is InChI=1S/C19H25N3O4/c1-13-5-6-16(25-3)15(9-13)10-18(23)22-8-4-7-19(24,12-22)11-17-20-14(2)21-26-17/h5-6,9,24H,4,7-8,10-12H2,1-3H3. The Balaban J connectivity index is 1.69. The second-order valence-corrected chi connectivity index (χ2v) is 7.05. The fourth-order valence-electron chi connectivity index (χ4n) is 3.48. The molecule has 1 aliphatic rings. The van der Waals surface area contributed by atoms with Crippen LogP contribution in [0.2, 0.25) is 0 Å². The average Bonchev–Trinajstić information content (AvgIpc) is 2.99. The highest BCUT2D eigenvalue weighted by Gasteiger charge is 2.37. The normalized spacial score (nSPS) is 20.2. The van der Waals surface area contributed by atoms with Gasteiger partial charge in [-0.3, -0.25) is 4.79 Å². The van der Waals surface area contributed by atoms with E-state index in [1.165, 1.54) is 0 Å². The number of rotatable bonds is 5. The minimum atomic E-state index is -1.04. The van der Waals surface area contributed by atoms with E-state index in [1.54, 1.807) is 18.9 Å². The number of hydrogen-bond donors (Lipinski definition) is 1. The van der Waals surface area contributed by atoms with E-state index in [0.29, 0.717) is 30.4 Å². The molecule has 3 rings (SSSR count). The van der Waals surface area contributed by atoms with Crippen LogP contribution in [0.1, 0.15) is 35.7 Å². The molecule has 0 spiro atoms. The Morgan fingerprint density at radius 2 is 2.23 bits per heavy atom. The van der Waals surface area contributed by atoms with Crippen molar-refractivity contribution in [2.45, 2.75) is 45.1 Å². The van der Waals surface area contributed by atoms with Crippen LogP contribution in [-0.4, -0.2) is 51.9 Å². The van der Waals surface area contributed by atoms with Crippen LogP contribution < -0.4 is 4.74 Å². The molecule has 1 saturated heterocycles. The van der Waals surface area contributed by atoms with Gasteiger partial charge in [0.25, 0.3) is 0 Å². The smallest absolute Gasteiger partial charge is 0.229 e. The summed E-state index contributed by atoms with van der Waals surface area (Å²) < 4.78 is 10.5. The van der Waals surface area contributed by atoms with Gasteiger partial charge in [-0.25, -0.2) is 0 Å². The molecular weight excluding hydrogens is 334 g/mol. The third-order valence-electron chi connectivity index (χ3n) is 4.74. The lowest BCUT2D eigenvalue weighted by Gasteiger charge is -2.38. The molecule has 26 heavy (non-hydrogen) atoms. The zero-order chi connectivity index (χ0) is 18.7. The number of piperidine rings is 1. The second-order valence-electron chi connectivity index (χ2n) is 7.05. The van der Waals surface area contributed by atoms with Gasteiger partial charge in [-0.05, 0) is 32.8 Å². The number of aromatic nitrogens is 2. The molecule has 0 radical (unpaired) electrons. The molecule has 2 aromatic rings. The maximum absolute atomic E-state index is 12.8. The zero-order valence-corrected chi connectivity index (χ0v) is 15.5. The molecule has 0 saturated carbocycles. The maximum Gasteiger partial charge on any atom is 0.229 e. The van der Waals surface area contributed by atoms with E-state index in [-0.39, 0.29) is 25.3 Å². The second kappa shape index (κ2) is 7.45. The molecule has 1 atom stereocenters. The van der Waals surface area contributed by atoms with Crippen molar-refractivity contribution in [3.05, 3.63) is 41.0 Å². The first-order valence-electron chi connectivity index (χ1n) is 8.81. The van der Waals surface area contributed by atoms with E-state index in [4.69, 9.17) is 9.26 Å². The fourth-order valence-corrected chi connectivity index (χ4v) is 3.48. The number of amides is 1. The Kier molecular flexibility index (Phi) is 5.27. The van der Waals surface area contributed by atoms with Crippen molar-refractivity contribution in [3.63, 3.8) is 0 Å². The van der Waals surface area contributed by atoms with Crippen molar-refractivity contribution in [2.75, 3.05) is 20.2 Å². The molecule has 1 N–H and O–H groups in total. The van der Waals surface area contributed by atoms with Crippen molar-refractivity contribution < 1.29 is 19.2 Å². The zero-order valence-electron chi connectivity index (χ0n) is 15.5. The third kappa shape index (κ3) is 4.22. The Morgan fingerprint density at radius 3 is 2.92 bits per heavy atom. The molecule has 7 nitrogen and oxygen atoms in total. The summed E-state index contributed by atoms with van der Waals surface area (Å²) in [4.78, 5) is 18.7. The molecule has 2 heterocycles. The first kappa shape index (κ1) is 18.4. The van der Waals surface area contributed by atoms with Gasteiger partial charge >= 0.3 is 0 Å². The summed E-state index contributed by atoms with van der Waals surface area (Å²) in [5, 5.41) is 14.7. The number of hydrogen-bond acceptors (Lipinski definition) is 6. The monoisotopic (exact) mass is 359 g/mol. The van der Waals surface area contributed by atoms with Gasteiger partial charge in [0.1, 0.15) is 5.75 Å². The molecule has 1 amide bonds. The Labute approximate surface area is 153 Å². The van der Waals surface area contributed by atoms with Gasteiger partial charge in [-0.1, -0.05) is 22.9 Å². The highest BCUT2D eigenvalue weighted by atomic mass is 16.5. The van der Waals surface area contributed by atoms with Crippen LogP contribution in [0, 0.1) is 13.8 Å². The largest absolute Gasteiger partial charge is 0.496 e. The number of likely N-dealkylation sites (tertiary alicyclic amines) is 1. The lowest BCUT2D eigenvalue weighted by Crippen LogP contribution is -2.51. The van der Waals surface area contributed by atoms with E-state index >= 15 is 0 Å². The first-order valence-corrected chi connectivity index (χ1v) is 8.81. The van der Waals surface area contributed by atoms with E-state index in [2.05, 4.69) is 10.1 Å². The number of carbonyl (C=O) groups excluding carboxylic acids is 1. The number of ether oxygens (including phenoxy) is 1. The molecule has 7 heteroatoms. The third-order valence-corrected chi connectivity index (χ3v) is 4.74. The van der Waals surface area contributed by atoms with Crippen LogP contribution >= 0.6 is 0 Å². The molecule has 1 unspecified atom stereocenters. The van der Waals surface area contributed by atoms with Crippen LogP contribution in [0.5, 0.6) is 5.75 Å². The Morgan fingerprint density at radius 1 is 1.42 bits per heavy atom. The summed E-state index contributed by atoms with van der Waals surface area (Å²) in [6, 6.07) is 5.80. The fraction of sp³-hybridized carbons (Fsp3) is 0.526. The highest BCUT2D eigenvalue weighted by molar-refractivity contribution is 5.79. The Bertz CT molecular complexity index is 789. The van der Waals surface area contributed by atoms with Crippen molar-refractivity contribution in [1.82, 2.24) is 15.0 Å². The predicted molar refractivity (Wildman–Crippen MR) is 94.9 cm³/mol. The maximum atomic E-state index is 12.8. The molecule has 0 bridgehead atoms. The quantitative estimate of drug-likeness (QED) is 0.876. The Hall–Kier alpha value is -2.41. The minimum absolute atomic E-state index is 0.0197. The van der Waals surface area contributed by atoms with Crippen LogP contribution in [0.15, 0.2) is 22.7 Å². The number of carbonyl (C=O) groups is 1. The van der Waals surface area contributed by atoms with Gasteiger partial charge in [-0.2, -0.15) is 4.98 Å². The van der Waals surface area contributed by atoms with Crippen molar-refractivity contribution in [1.29, 1.82) is 0 Å².